The van der Waals surface area contributed by atoms with Crippen LogP contribution in [0.15, 0.2) is 52.0 Å². The zero-order valence-electron chi connectivity index (χ0n) is 16.6. The highest BCUT2D eigenvalue weighted by Gasteiger charge is 2.14. The van der Waals surface area contributed by atoms with Crippen LogP contribution >= 0.6 is 15.9 Å². The van der Waals surface area contributed by atoms with Crippen LogP contribution in [0.25, 0.3) is 0 Å². The van der Waals surface area contributed by atoms with Crippen molar-refractivity contribution < 1.29 is 14.3 Å². The summed E-state index contributed by atoms with van der Waals surface area (Å²) in [6.07, 6.45) is 5.35. The molecule has 6 nitrogen and oxygen atoms in total. The number of hydrazone groups is 1. The standard InChI is InChI=1S/C22H26BrN3O3/c1-28-20-8-5-17(6-9-20)14-24-25-22(27)16-29-21-10-7-19(23)13-18(21)15-26-11-3-2-4-12-26/h5-10,13-14H,2-4,11-12,15-16H2,1H3,(H,25,27)/b24-14+. The molecule has 1 heterocycles. The lowest BCUT2D eigenvalue weighted by atomic mass is 10.1. The molecule has 0 spiro atoms. The fraction of sp³-hybridized carbons (Fsp3) is 0.364. The van der Waals surface area contributed by atoms with Gasteiger partial charge in [0, 0.05) is 16.6 Å². The van der Waals surface area contributed by atoms with Gasteiger partial charge in [0.1, 0.15) is 11.5 Å². The molecule has 1 amide bonds. The lowest BCUT2D eigenvalue weighted by molar-refractivity contribution is -0.123. The molecule has 1 N–H and O–H groups in total. The summed E-state index contributed by atoms with van der Waals surface area (Å²) in [5.41, 5.74) is 4.44. The van der Waals surface area contributed by atoms with Crippen LogP contribution in [0.1, 0.15) is 30.4 Å². The first-order valence-electron chi connectivity index (χ1n) is 9.73. The Hall–Kier alpha value is -2.38. The summed E-state index contributed by atoms with van der Waals surface area (Å²) in [5.74, 6) is 1.20. The van der Waals surface area contributed by atoms with Crippen LogP contribution in [0.5, 0.6) is 11.5 Å². The molecule has 2 aromatic carbocycles. The number of likely N-dealkylation sites (tertiary alicyclic amines) is 1. The number of amides is 1. The fourth-order valence-electron chi connectivity index (χ4n) is 3.22. The maximum Gasteiger partial charge on any atom is 0.277 e. The lowest BCUT2D eigenvalue weighted by Crippen LogP contribution is -2.29. The summed E-state index contributed by atoms with van der Waals surface area (Å²) in [7, 11) is 1.62. The Balaban J connectivity index is 1.51. The predicted molar refractivity (Wildman–Crippen MR) is 117 cm³/mol. The Kier molecular flexibility index (Phi) is 8.07. The largest absolute Gasteiger partial charge is 0.497 e. The van der Waals surface area contributed by atoms with Gasteiger partial charge in [-0.1, -0.05) is 22.4 Å². The first kappa shape index (κ1) is 21.3. The topological polar surface area (TPSA) is 63.2 Å². The summed E-state index contributed by atoms with van der Waals surface area (Å²) in [4.78, 5) is 14.5. The van der Waals surface area contributed by atoms with Gasteiger partial charge in [-0.05, 0) is 74.0 Å². The molecule has 1 fully saturated rings. The van der Waals surface area contributed by atoms with E-state index in [-0.39, 0.29) is 12.5 Å². The molecular formula is C22H26BrN3O3. The van der Waals surface area contributed by atoms with Gasteiger partial charge in [-0.2, -0.15) is 5.10 Å². The van der Waals surface area contributed by atoms with Crippen LogP contribution in [0, 0.1) is 0 Å². The molecule has 29 heavy (non-hydrogen) atoms. The number of piperidine rings is 1. The van der Waals surface area contributed by atoms with E-state index in [1.165, 1.54) is 19.3 Å². The SMILES string of the molecule is COc1ccc(/C=N/NC(=O)COc2ccc(Br)cc2CN2CCCCC2)cc1. The predicted octanol–water partition coefficient (Wildman–Crippen LogP) is 3.97. The van der Waals surface area contributed by atoms with E-state index in [4.69, 9.17) is 9.47 Å². The zero-order chi connectivity index (χ0) is 20.5. The maximum atomic E-state index is 12.1. The van der Waals surface area contributed by atoms with Gasteiger partial charge in [0.05, 0.1) is 13.3 Å². The van der Waals surface area contributed by atoms with Crippen LogP contribution in [0.3, 0.4) is 0 Å². The molecule has 154 valence electrons. The highest BCUT2D eigenvalue weighted by atomic mass is 79.9. The van der Waals surface area contributed by atoms with E-state index in [0.29, 0.717) is 0 Å². The van der Waals surface area contributed by atoms with E-state index in [2.05, 4.69) is 37.4 Å². The minimum absolute atomic E-state index is 0.0887. The second-order valence-electron chi connectivity index (χ2n) is 6.94. The van der Waals surface area contributed by atoms with Crippen molar-refractivity contribution in [2.45, 2.75) is 25.8 Å². The smallest absolute Gasteiger partial charge is 0.277 e. The quantitative estimate of drug-likeness (QED) is 0.479. The van der Waals surface area contributed by atoms with Crippen molar-refractivity contribution >= 4 is 28.1 Å². The van der Waals surface area contributed by atoms with E-state index in [1.807, 2.05) is 36.4 Å². The number of hydrogen-bond acceptors (Lipinski definition) is 5. The summed E-state index contributed by atoms with van der Waals surface area (Å²) < 4.78 is 11.9. The number of nitrogens with zero attached hydrogens (tertiary/aromatic N) is 2. The van der Waals surface area contributed by atoms with Gasteiger partial charge in [-0.25, -0.2) is 5.43 Å². The molecule has 0 radical (unpaired) electrons. The molecule has 0 unspecified atom stereocenters. The van der Waals surface area contributed by atoms with Crippen molar-refractivity contribution in [3.63, 3.8) is 0 Å². The average Bonchev–Trinajstić information content (AvgIpc) is 2.74. The van der Waals surface area contributed by atoms with Crippen molar-refractivity contribution in [2.24, 2.45) is 5.10 Å². The second kappa shape index (κ2) is 11.0. The van der Waals surface area contributed by atoms with Crippen molar-refractivity contribution in [1.29, 1.82) is 0 Å². The van der Waals surface area contributed by atoms with Crippen molar-refractivity contribution in [3.8, 4) is 11.5 Å². The van der Waals surface area contributed by atoms with Gasteiger partial charge in [0.2, 0.25) is 0 Å². The number of ether oxygens (including phenoxy) is 2. The van der Waals surface area contributed by atoms with Gasteiger partial charge in [-0.3, -0.25) is 9.69 Å². The molecule has 1 saturated heterocycles. The van der Waals surface area contributed by atoms with E-state index in [1.54, 1.807) is 13.3 Å². The number of carbonyl (C=O) groups is 1. The van der Waals surface area contributed by atoms with Gasteiger partial charge in [0.25, 0.3) is 5.91 Å². The van der Waals surface area contributed by atoms with Gasteiger partial charge < -0.3 is 9.47 Å². The minimum Gasteiger partial charge on any atom is -0.497 e. The molecule has 1 aliphatic rings. The summed E-state index contributed by atoms with van der Waals surface area (Å²) in [6, 6.07) is 13.3. The number of methoxy groups -OCH3 is 1. The zero-order valence-corrected chi connectivity index (χ0v) is 18.2. The van der Waals surface area contributed by atoms with Gasteiger partial charge in [-0.15, -0.1) is 0 Å². The Bertz CT molecular complexity index is 834. The molecule has 1 aliphatic heterocycles. The third-order valence-corrected chi connectivity index (χ3v) is 5.24. The number of nitrogens with one attached hydrogen (secondary N) is 1. The van der Waals surface area contributed by atoms with E-state index < -0.39 is 0 Å². The lowest BCUT2D eigenvalue weighted by Gasteiger charge is -2.27. The summed E-state index contributed by atoms with van der Waals surface area (Å²) >= 11 is 3.53. The Morgan fingerprint density at radius 2 is 1.93 bits per heavy atom. The van der Waals surface area contributed by atoms with Crippen molar-refractivity contribution in [2.75, 3.05) is 26.8 Å². The van der Waals surface area contributed by atoms with Crippen LogP contribution in [0.4, 0.5) is 0 Å². The molecule has 7 heteroatoms. The van der Waals surface area contributed by atoms with Crippen LogP contribution in [0.2, 0.25) is 0 Å². The number of benzene rings is 2. The van der Waals surface area contributed by atoms with E-state index in [9.17, 15) is 4.79 Å². The normalized spacial score (nSPS) is 14.7. The highest BCUT2D eigenvalue weighted by molar-refractivity contribution is 9.10. The molecule has 3 rings (SSSR count). The minimum atomic E-state index is -0.304. The third-order valence-electron chi connectivity index (χ3n) is 4.74. The Morgan fingerprint density at radius 1 is 1.17 bits per heavy atom. The Morgan fingerprint density at radius 3 is 2.66 bits per heavy atom. The molecule has 0 saturated carbocycles. The maximum absolute atomic E-state index is 12.1. The van der Waals surface area contributed by atoms with Gasteiger partial charge >= 0.3 is 0 Å². The van der Waals surface area contributed by atoms with E-state index in [0.717, 1.165) is 46.7 Å². The number of carbonyl (C=O) groups excluding carboxylic acids is 1. The van der Waals surface area contributed by atoms with Crippen LogP contribution < -0.4 is 14.9 Å². The van der Waals surface area contributed by atoms with E-state index >= 15 is 0 Å². The summed E-state index contributed by atoms with van der Waals surface area (Å²) in [6.45, 7) is 2.94. The van der Waals surface area contributed by atoms with Crippen molar-refractivity contribution in [3.05, 3.63) is 58.1 Å². The Labute approximate surface area is 180 Å². The fourth-order valence-corrected chi connectivity index (χ4v) is 3.62. The molecule has 0 aliphatic carbocycles. The molecule has 2 aromatic rings. The summed E-state index contributed by atoms with van der Waals surface area (Å²) in [5, 5.41) is 3.98. The average molecular weight is 460 g/mol. The number of halogens is 1. The molecule has 0 atom stereocenters. The number of hydrogen-bond donors (Lipinski definition) is 1. The second-order valence-corrected chi connectivity index (χ2v) is 7.86. The molecular weight excluding hydrogens is 434 g/mol. The monoisotopic (exact) mass is 459 g/mol. The van der Waals surface area contributed by atoms with Crippen LogP contribution in [-0.4, -0.2) is 43.8 Å². The van der Waals surface area contributed by atoms with Crippen LogP contribution in [-0.2, 0) is 11.3 Å². The first-order chi connectivity index (χ1) is 14.1. The number of rotatable bonds is 8. The van der Waals surface area contributed by atoms with Crippen molar-refractivity contribution in [1.82, 2.24) is 10.3 Å². The third kappa shape index (κ3) is 6.87. The molecule has 0 bridgehead atoms. The first-order valence-corrected chi connectivity index (χ1v) is 10.5. The molecule has 0 aromatic heterocycles. The highest BCUT2D eigenvalue weighted by Crippen LogP contribution is 2.26. The van der Waals surface area contributed by atoms with Gasteiger partial charge in [0.15, 0.2) is 6.61 Å².